The number of para-hydroxylation sites is 1. The molecule has 8 nitrogen and oxygen atoms in total. The predicted octanol–water partition coefficient (Wildman–Crippen LogP) is 4.20. The highest BCUT2D eigenvalue weighted by molar-refractivity contribution is 9.10. The Kier molecular flexibility index (Phi) is 9.02. The van der Waals surface area contributed by atoms with Gasteiger partial charge in [-0.3, -0.25) is 4.79 Å². The van der Waals surface area contributed by atoms with Crippen LogP contribution in [0.4, 0.5) is 0 Å². The van der Waals surface area contributed by atoms with Crippen molar-refractivity contribution in [2.75, 3.05) is 13.2 Å². The Bertz CT molecular complexity index is 1290. The second-order valence-electron chi connectivity index (χ2n) is 7.63. The fourth-order valence-corrected chi connectivity index (χ4v) is 4.81. The molecule has 2 N–H and O–H groups in total. The lowest BCUT2D eigenvalue weighted by molar-refractivity contribution is -0.121. The molecule has 0 radical (unpaired) electrons. The number of hydrazone groups is 1. The van der Waals surface area contributed by atoms with E-state index in [9.17, 15) is 18.3 Å². The van der Waals surface area contributed by atoms with E-state index in [-0.39, 0.29) is 17.2 Å². The number of carbonyl (C=O) groups excluding carboxylic acids is 1. The van der Waals surface area contributed by atoms with Crippen molar-refractivity contribution in [3.05, 3.63) is 87.9 Å². The monoisotopic (exact) mass is 559 g/mol. The summed E-state index contributed by atoms with van der Waals surface area (Å²) in [4.78, 5) is 12.7. The minimum absolute atomic E-state index is 0.00695. The minimum atomic E-state index is -3.97. The van der Waals surface area contributed by atoms with E-state index in [1.807, 2.05) is 31.2 Å². The molecule has 1 amide bonds. The zero-order valence-electron chi connectivity index (χ0n) is 19.3. The SMILES string of the molecule is CCOc1cccc(/C=N\NC(=O)CN(Cc2ccc(C)cc2)S(=O)(=O)c2ccc(Br)cc2)c1O. The molecule has 0 fully saturated rings. The molecule has 0 aliphatic rings. The molecule has 0 atom stereocenters. The van der Waals surface area contributed by atoms with E-state index in [1.54, 1.807) is 37.3 Å². The molecule has 10 heteroatoms. The van der Waals surface area contributed by atoms with Crippen LogP contribution in [0, 0.1) is 6.92 Å². The summed E-state index contributed by atoms with van der Waals surface area (Å²) in [5.74, 6) is -0.437. The second-order valence-corrected chi connectivity index (χ2v) is 10.5. The molecule has 0 saturated carbocycles. The number of halogens is 1. The normalized spacial score (nSPS) is 11.7. The van der Waals surface area contributed by atoms with Crippen molar-refractivity contribution in [1.29, 1.82) is 0 Å². The Hall–Kier alpha value is -3.21. The van der Waals surface area contributed by atoms with Crippen LogP contribution in [0.2, 0.25) is 0 Å². The van der Waals surface area contributed by atoms with E-state index in [0.29, 0.717) is 17.9 Å². The van der Waals surface area contributed by atoms with Gasteiger partial charge in [-0.05, 0) is 55.8 Å². The number of carbonyl (C=O) groups is 1. The van der Waals surface area contributed by atoms with E-state index in [1.165, 1.54) is 18.3 Å². The fraction of sp³-hybridized carbons (Fsp3) is 0.200. The third-order valence-corrected chi connectivity index (χ3v) is 7.31. The fourth-order valence-electron chi connectivity index (χ4n) is 3.16. The van der Waals surface area contributed by atoms with Gasteiger partial charge in [-0.1, -0.05) is 51.8 Å². The summed E-state index contributed by atoms with van der Waals surface area (Å²) in [5.41, 5.74) is 4.46. The van der Waals surface area contributed by atoms with E-state index in [2.05, 4.69) is 26.5 Å². The summed E-state index contributed by atoms with van der Waals surface area (Å²) in [7, 11) is -3.97. The van der Waals surface area contributed by atoms with Gasteiger partial charge in [-0.15, -0.1) is 0 Å². The van der Waals surface area contributed by atoms with Gasteiger partial charge < -0.3 is 9.84 Å². The van der Waals surface area contributed by atoms with Gasteiger partial charge in [0.05, 0.1) is 24.3 Å². The number of nitrogens with zero attached hydrogens (tertiary/aromatic N) is 2. The van der Waals surface area contributed by atoms with Crippen LogP contribution >= 0.6 is 15.9 Å². The zero-order valence-corrected chi connectivity index (χ0v) is 21.7. The maximum atomic E-state index is 13.3. The smallest absolute Gasteiger partial charge is 0.255 e. The Morgan fingerprint density at radius 1 is 1.11 bits per heavy atom. The van der Waals surface area contributed by atoms with Gasteiger partial charge in [0.1, 0.15) is 0 Å². The van der Waals surface area contributed by atoms with Crippen molar-refractivity contribution >= 4 is 38.1 Å². The number of amides is 1. The van der Waals surface area contributed by atoms with E-state index >= 15 is 0 Å². The lowest BCUT2D eigenvalue weighted by Gasteiger charge is -2.21. The van der Waals surface area contributed by atoms with Crippen molar-refractivity contribution < 1.29 is 23.1 Å². The minimum Gasteiger partial charge on any atom is -0.504 e. The van der Waals surface area contributed by atoms with Crippen molar-refractivity contribution in [3.8, 4) is 11.5 Å². The van der Waals surface area contributed by atoms with Gasteiger partial charge in [0.25, 0.3) is 5.91 Å². The third kappa shape index (κ3) is 7.14. The summed E-state index contributed by atoms with van der Waals surface area (Å²) in [6, 6.07) is 18.5. The molecule has 0 spiro atoms. The molecule has 3 aromatic rings. The van der Waals surface area contributed by atoms with Crippen LogP contribution in [0.5, 0.6) is 11.5 Å². The molecule has 3 rings (SSSR count). The van der Waals surface area contributed by atoms with Crippen molar-refractivity contribution in [2.24, 2.45) is 5.10 Å². The number of rotatable bonds is 10. The molecule has 0 aromatic heterocycles. The van der Waals surface area contributed by atoms with E-state index < -0.39 is 22.5 Å². The van der Waals surface area contributed by atoms with Gasteiger partial charge >= 0.3 is 0 Å². The Balaban J connectivity index is 1.78. The number of benzene rings is 3. The average Bonchev–Trinajstić information content (AvgIpc) is 2.83. The van der Waals surface area contributed by atoms with Crippen LogP contribution in [-0.2, 0) is 21.4 Å². The number of phenolic OH excluding ortho intramolecular Hbond substituents is 1. The molecule has 3 aromatic carbocycles. The molecule has 0 aliphatic heterocycles. The predicted molar refractivity (Wildman–Crippen MR) is 138 cm³/mol. The summed E-state index contributed by atoms with van der Waals surface area (Å²) >= 11 is 3.30. The number of aryl methyl sites for hydroxylation is 1. The molecule has 0 saturated heterocycles. The van der Waals surface area contributed by atoms with Crippen molar-refractivity contribution in [1.82, 2.24) is 9.73 Å². The third-order valence-electron chi connectivity index (χ3n) is 4.97. The Morgan fingerprint density at radius 2 is 1.80 bits per heavy atom. The van der Waals surface area contributed by atoms with Crippen LogP contribution in [0.25, 0.3) is 0 Å². The van der Waals surface area contributed by atoms with Gasteiger partial charge in [0.2, 0.25) is 10.0 Å². The molecule has 35 heavy (non-hydrogen) atoms. The molecule has 0 unspecified atom stereocenters. The van der Waals surface area contributed by atoms with Crippen LogP contribution in [0.1, 0.15) is 23.6 Å². The van der Waals surface area contributed by atoms with Crippen molar-refractivity contribution in [3.63, 3.8) is 0 Å². The Morgan fingerprint density at radius 3 is 2.46 bits per heavy atom. The first-order valence-corrected chi connectivity index (χ1v) is 13.0. The molecule has 184 valence electrons. The molecular formula is C25H26BrN3O5S. The molecule has 0 aliphatic carbocycles. The Labute approximate surface area is 213 Å². The lowest BCUT2D eigenvalue weighted by atomic mass is 10.1. The highest BCUT2D eigenvalue weighted by Crippen LogP contribution is 2.28. The van der Waals surface area contributed by atoms with Crippen LogP contribution in [0.15, 0.2) is 81.2 Å². The number of phenols is 1. The number of nitrogens with one attached hydrogen (secondary N) is 1. The highest BCUT2D eigenvalue weighted by Gasteiger charge is 2.27. The van der Waals surface area contributed by atoms with Gasteiger partial charge in [-0.2, -0.15) is 9.41 Å². The largest absolute Gasteiger partial charge is 0.504 e. The summed E-state index contributed by atoms with van der Waals surface area (Å²) in [6.45, 7) is 3.68. The number of hydrogen-bond donors (Lipinski definition) is 2. The summed E-state index contributed by atoms with van der Waals surface area (Å²) < 4.78 is 33.8. The maximum absolute atomic E-state index is 13.3. The average molecular weight is 560 g/mol. The van der Waals surface area contributed by atoms with Crippen LogP contribution in [0.3, 0.4) is 0 Å². The highest BCUT2D eigenvalue weighted by atomic mass is 79.9. The zero-order chi connectivity index (χ0) is 25.4. The molecule has 0 bridgehead atoms. The van der Waals surface area contributed by atoms with Gasteiger partial charge in [0, 0.05) is 16.6 Å². The number of hydrogen-bond acceptors (Lipinski definition) is 6. The number of aromatic hydroxyl groups is 1. The van der Waals surface area contributed by atoms with E-state index in [0.717, 1.165) is 19.9 Å². The van der Waals surface area contributed by atoms with Gasteiger partial charge in [-0.25, -0.2) is 13.8 Å². The molecule has 0 heterocycles. The molecular weight excluding hydrogens is 534 g/mol. The maximum Gasteiger partial charge on any atom is 0.255 e. The number of sulfonamides is 1. The van der Waals surface area contributed by atoms with Gasteiger partial charge in [0.15, 0.2) is 11.5 Å². The van der Waals surface area contributed by atoms with E-state index in [4.69, 9.17) is 4.74 Å². The topological polar surface area (TPSA) is 108 Å². The first-order valence-electron chi connectivity index (χ1n) is 10.8. The first-order chi connectivity index (χ1) is 16.7. The summed E-state index contributed by atoms with van der Waals surface area (Å²) in [5, 5.41) is 14.1. The second kappa shape index (κ2) is 12.0. The van der Waals surface area contributed by atoms with Crippen LogP contribution < -0.4 is 10.2 Å². The standard InChI is InChI=1S/C25H26BrN3O5S/c1-3-34-23-6-4-5-20(25(23)31)15-27-28-24(30)17-29(16-19-9-7-18(2)8-10-19)35(32,33)22-13-11-21(26)12-14-22/h4-15,31H,3,16-17H2,1-2H3,(H,28,30)/b27-15-. The first kappa shape index (κ1) is 26.4. The quantitative estimate of drug-likeness (QED) is 0.286. The van der Waals surface area contributed by atoms with Crippen LogP contribution in [-0.4, -0.2) is 43.1 Å². The van der Waals surface area contributed by atoms with Crippen molar-refractivity contribution in [2.45, 2.75) is 25.3 Å². The lowest BCUT2D eigenvalue weighted by Crippen LogP contribution is -2.39. The summed E-state index contributed by atoms with van der Waals surface area (Å²) in [6.07, 6.45) is 1.27. The number of ether oxygens (including phenoxy) is 1.